The first kappa shape index (κ1) is 21.5. The van der Waals surface area contributed by atoms with Crippen LogP contribution in [0.25, 0.3) is 21.7 Å². The molecule has 162 valence electrons. The van der Waals surface area contributed by atoms with Crippen LogP contribution in [0, 0.1) is 0 Å². The number of furan rings is 1. The number of nitrogens with zero attached hydrogens (tertiary/aromatic N) is 1. The van der Waals surface area contributed by atoms with Crippen molar-refractivity contribution in [3.63, 3.8) is 0 Å². The average molecular weight is 440 g/mol. The Labute approximate surface area is 181 Å². The van der Waals surface area contributed by atoms with E-state index in [1.807, 2.05) is 24.3 Å². The van der Waals surface area contributed by atoms with Crippen molar-refractivity contribution >= 4 is 31.8 Å². The molecule has 2 atom stereocenters. The molecule has 4 rings (SSSR count). The van der Waals surface area contributed by atoms with Crippen LogP contribution >= 0.6 is 0 Å². The zero-order chi connectivity index (χ0) is 22.1. The van der Waals surface area contributed by atoms with Gasteiger partial charge in [-0.05, 0) is 61.2 Å². The molecule has 2 aromatic carbocycles. The summed E-state index contributed by atoms with van der Waals surface area (Å²) in [5, 5.41) is 16.6. The highest BCUT2D eigenvalue weighted by Gasteiger charge is 2.24. The first-order valence-corrected chi connectivity index (χ1v) is 11.5. The lowest BCUT2D eigenvalue weighted by Gasteiger charge is -2.25. The van der Waals surface area contributed by atoms with Gasteiger partial charge in [0.15, 0.2) is 0 Å². The van der Waals surface area contributed by atoms with Crippen LogP contribution in [0.2, 0.25) is 0 Å². The van der Waals surface area contributed by atoms with E-state index in [-0.39, 0.29) is 17.5 Å². The van der Waals surface area contributed by atoms with Gasteiger partial charge in [0.2, 0.25) is 10.0 Å². The minimum absolute atomic E-state index is 0.207. The van der Waals surface area contributed by atoms with E-state index in [1.165, 1.54) is 0 Å². The molecule has 3 N–H and O–H groups in total. The maximum Gasteiger partial charge on any atom is 0.240 e. The van der Waals surface area contributed by atoms with Crippen LogP contribution in [0.15, 0.2) is 76.5 Å². The van der Waals surface area contributed by atoms with Crippen molar-refractivity contribution < 1.29 is 17.9 Å². The van der Waals surface area contributed by atoms with Gasteiger partial charge in [-0.15, -0.1) is 0 Å². The highest BCUT2D eigenvalue weighted by Crippen LogP contribution is 2.25. The number of aliphatic hydroxyl groups is 1. The summed E-state index contributed by atoms with van der Waals surface area (Å²) in [4.78, 5) is 4.25. The van der Waals surface area contributed by atoms with Crippen molar-refractivity contribution in [3.8, 4) is 0 Å². The van der Waals surface area contributed by atoms with Crippen molar-refractivity contribution in [2.45, 2.75) is 30.4 Å². The highest BCUT2D eigenvalue weighted by atomic mass is 32.2. The molecule has 0 amide bonds. The second kappa shape index (κ2) is 8.39. The first-order chi connectivity index (χ1) is 14.7. The molecule has 0 aliphatic carbocycles. The fraction of sp³-hybridized carbons (Fsp3) is 0.261. The Morgan fingerprint density at radius 2 is 1.94 bits per heavy atom. The minimum Gasteiger partial charge on any atom is -0.464 e. The molecule has 0 bridgehead atoms. The quantitative estimate of drug-likeness (QED) is 0.390. The Bertz CT molecular complexity index is 1310. The normalized spacial score (nSPS) is 15.2. The standard InChI is InChI=1S/C23H25N3O4S/c1-16(26-31(28,29)21-5-3-19-14-24-9-7-17(19)12-21)13-25-15-23(2,27)20-4-6-22-18(11-20)8-10-30-22/h3-12,14,16,25-27H,13,15H2,1-2H3/t16-,23?/m1/s1. The van der Waals surface area contributed by atoms with Gasteiger partial charge < -0.3 is 14.8 Å². The number of benzene rings is 2. The Morgan fingerprint density at radius 1 is 1.10 bits per heavy atom. The van der Waals surface area contributed by atoms with E-state index in [2.05, 4.69) is 15.0 Å². The van der Waals surface area contributed by atoms with Gasteiger partial charge in [0.05, 0.1) is 16.8 Å². The van der Waals surface area contributed by atoms with Gasteiger partial charge in [-0.3, -0.25) is 4.98 Å². The number of fused-ring (bicyclic) bond motifs is 2. The molecule has 0 radical (unpaired) electrons. The van der Waals surface area contributed by atoms with Gasteiger partial charge in [0.25, 0.3) is 0 Å². The van der Waals surface area contributed by atoms with Crippen LogP contribution in [-0.4, -0.2) is 37.6 Å². The summed E-state index contributed by atoms with van der Waals surface area (Å²) in [5.74, 6) is 0. The van der Waals surface area contributed by atoms with Crippen molar-refractivity contribution in [3.05, 3.63) is 72.8 Å². The van der Waals surface area contributed by atoms with Crippen molar-refractivity contribution in [1.29, 1.82) is 0 Å². The summed E-state index contributed by atoms with van der Waals surface area (Å²) in [6.45, 7) is 4.13. The molecule has 2 aromatic heterocycles. The lowest BCUT2D eigenvalue weighted by Crippen LogP contribution is -2.44. The Balaban J connectivity index is 1.36. The van der Waals surface area contributed by atoms with E-state index >= 15 is 0 Å². The molecule has 0 fully saturated rings. The van der Waals surface area contributed by atoms with E-state index in [4.69, 9.17) is 4.42 Å². The summed E-state index contributed by atoms with van der Waals surface area (Å²) >= 11 is 0. The molecular weight excluding hydrogens is 414 g/mol. The summed E-state index contributed by atoms with van der Waals surface area (Å²) in [6.07, 6.45) is 4.94. The Kier molecular flexibility index (Phi) is 5.81. The molecule has 4 aromatic rings. The van der Waals surface area contributed by atoms with Gasteiger partial charge in [-0.25, -0.2) is 13.1 Å². The van der Waals surface area contributed by atoms with E-state index in [0.29, 0.717) is 6.54 Å². The Morgan fingerprint density at radius 3 is 2.77 bits per heavy atom. The molecule has 0 aliphatic heterocycles. The largest absolute Gasteiger partial charge is 0.464 e. The van der Waals surface area contributed by atoms with Crippen LogP contribution in [0.4, 0.5) is 0 Å². The summed E-state index contributed by atoms with van der Waals surface area (Å²) < 4.78 is 33.5. The monoisotopic (exact) mass is 439 g/mol. The van der Waals surface area contributed by atoms with Crippen LogP contribution in [0.1, 0.15) is 19.4 Å². The maximum atomic E-state index is 12.8. The van der Waals surface area contributed by atoms with Crippen molar-refractivity contribution in [2.24, 2.45) is 0 Å². The number of hydrogen-bond donors (Lipinski definition) is 3. The predicted molar refractivity (Wildman–Crippen MR) is 120 cm³/mol. The van der Waals surface area contributed by atoms with E-state index < -0.39 is 15.6 Å². The zero-order valence-electron chi connectivity index (χ0n) is 17.4. The molecule has 0 saturated heterocycles. The molecule has 2 heterocycles. The molecule has 0 saturated carbocycles. The smallest absolute Gasteiger partial charge is 0.240 e. The molecule has 0 aliphatic rings. The lowest BCUT2D eigenvalue weighted by molar-refractivity contribution is 0.0569. The van der Waals surface area contributed by atoms with Crippen molar-refractivity contribution in [1.82, 2.24) is 15.0 Å². The van der Waals surface area contributed by atoms with Crippen molar-refractivity contribution in [2.75, 3.05) is 13.1 Å². The minimum atomic E-state index is -3.67. The van der Waals surface area contributed by atoms with Crippen LogP contribution in [-0.2, 0) is 15.6 Å². The van der Waals surface area contributed by atoms with Gasteiger partial charge in [-0.2, -0.15) is 0 Å². The topological polar surface area (TPSA) is 104 Å². The predicted octanol–water partition coefficient (Wildman–Crippen LogP) is 3.15. The van der Waals surface area contributed by atoms with Crippen LogP contribution < -0.4 is 10.0 Å². The third kappa shape index (κ3) is 4.77. The highest BCUT2D eigenvalue weighted by molar-refractivity contribution is 7.89. The SMILES string of the molecule is C[C@H](CNCC(C)(O)c1ccc2occc2c1)NS(=O)(=O)c1ccc2cnccc2c1. The fourth-order valence-corrected chi connectivity index (χ4v) is 4.82. The van der Waals surface area contributed by atoms with E-state index in [9.17, 15) is 13.5 Å². The molecule has 0 spiro atoms. The lowest BCUT2D eigenvalue weighted by atomic mass is 9.95. The first-order valence-electron chi connectivity index (χ1n) is 10.0. The number of nitrogens with one attached hydrogen (secondary N) is 2. The fourth-order valence-electron chi connectivity index (χ4n) is 3.54. The Hall–Kier alpha value is -2.78. The van der Waals surface area contributed by atoms with Gasteiger partial charge in [0.1, 0.15) is 5.58 Å². The number of pyridine rings is 1. The zero-order valence-corrected chi connectivity index (χ0v) is 18.2. The number of hydrogen-bond acceptors (Lipinski definition) is 6. The molecule has 7 nitrogen and oxygen atoms in total. The second-order valence-electron chi connectivity index (χ2n) is 7.98. The summed E-state index contributed by atoms with van der Waals surface area (Å²) in [6, 6.07) is 13.8. The van der Waals surface area contributed by atoms with E-state index in [1.54, 1.807) is 56.8 Å². The molecule has 1 unspecified atom stereocenters. The molecule has 8 heteroatoms. The second-order valence-corrected chi connectivity index (χ2v) is 9.70. The molecular formula is C23H25N3O4S. The van der Waals surface area contributed by atoms with Gasteiger partial charge in [0, 0.05) is 42.3 Å². The van der Waals surface area contributed by atoms with Crippen LogP contribution in [0.3, 0.4) is 0 Å². The molecule has 31 heavy (non-hydrogen) atoms. The number of sulfonamides is 1. The summed E-state index contributed by atoms with van der Waals surface area (Å²) in [5.41, 5.74) is 0.407. The van der Waals surface area contributed by atoms with E-state index in [0.717, 1.165) is 27.3 Å². The number of rotatable bonds is 8. The van der Waals surface area contributed by atoms with Gasteiger partial charge >= 0.3 is 0 Å². The summed E-state index contributed by atoms with van der Waals surface area (Å²) in [7, 11) is -3.67. The third-order valence-corrected chi connectivity index (χ3v) is 6.86. The average Bonchev–Trinajstić information content (AvgIpc) is 3.21. The van der Waals surface area contributed by atoms with Crippen LogP contribution in [0.5, 0.6) is 0 Å². The maximum absolute atomic E-state index is 12.8. The number of aromatic nitrogens is 1. The third-order valence-electron chi connectivity index (χ3n) is 5.27. The van der Waals surface area contributed by atoms with Gasteiger partial charge in [-0.1, -0.05) is 12.1 Å².